The Morgan fingerprint density at radius 2 is 2.00 bits per heavy atom. The molecular formula is C17H11N3O3S2. The van der Waals surface area contributed by atoms with Crippen molar-refractivity contribution in [1.29, 1.82) is 0 Å². The van der Waals surface area contributed by atoms with Crippen molar-refractivity contribution in [2.24, 2.45) is 0 Å². The highest BCUT2D eigenvalue weighted by molar-refractivity contribution is 7.14. The summed E-state index contributed by atoms with van der Waals surface area (Å²) in [6.45, 7) is 0.0502. The van der Waals surface area contributed by atoms with Crippen LogP contribution in [0.4, 0.5) is 0 Å². The molecule has 0 bridgehead atoms. The highest BCUT2D eigenvalue weighted by Crippen LogP contribution is 2.26. The second-order valence-electron chi connectivity index (χ2n) is 5.18. The molecule has 0 saturated heterocycles. The van der Waals surface area contributed by atoms with Gasteiger partial charge in [-0.2, -0.15) is 16.4 Å². The number of rotatable bonds is 4. The van der Waals surface area contributed by atoms with Crippen LogP contribution in [0.15, 0.2) is 51.3 Å². The zero-order valence-corrected chi connectivity index (χ0v) is 14.4. The molecule has 0 saturated carbocycles. The standard InChI is InChI=1S/C17H11N3O3S2/c21-15-13-4-2-1-3-12(13)14(19-20-15)17(22)23-7-11-9-25-16(18-11)10-5-6-24-8-10/h1-6,8-9H,7H2,(H,20,21). The van der Waals surface area contributed by atoms with Gasteiger partial charge >= 0.3 is 5.97 Å². The molecule has 4 rings (SSSR count). The lowest BCUT2D eigenvalue weighted by atomic mass is 10.1. The van der Waals surface area contributed by atoms with Crippen LogP contribution in [0.25, 0.3) is 21.3 Å². The minimum Gasteiger partial charge on any atom is -0.454 e. The summed E-state index contributed by atoms with van der Waals surface area (Å²) in [5.74, 6) is -0.600. The van der Waals surface area contributed by atoms with Gasteiger partial charge in [0.15, 0.2) is 5.69 Å². The second kappa shape index (κ2) is 6.58. The van der Waals surface area contributed by atoms with E-state index >= 15 is 0 Å². The Hall–Kier alpha value is -2.84. The molecule has 124 valence electrons. The number of aromatic amines is 1. The Morgan fingerprint density at radius 3 is 2.80 bits per heavy atom. The molecule has 3 aromatic heterocycles. The van der Waals surface area contributed by atoms with Gasteiger partial charge in [0.2, 0.25) is 0 Å². The van der Waals surface area contributed by atoms with Crippen molar-refractivity contribution in [3.63, 3.8) is 0 Å². The molecule has 0 aliphatic heterocycles. The highest BCUT2D eigenvalue weighted by Gasteiger charge is 2.16. The molecule has 0 atom stereocenters. The Labute approximate surface area is 149 Å². The second-order valence-corrected chi connectivity index (χ2v) is 6.82. The number of H-pyrrole nitrogens is 1. The van der Waals surface area contributed by atoms with Crippen molar-refractivity contribution in [3.8, 4) is 10.6 Å². The van der Waals surface area contributed by atoms with Gasteiger partial charge in [-0.15, -0.1) is 11.3 Å². The molecule has 0 unspecified atom stereocenters. The number of hydrogen-bond acceptors (Lipinski definition) is 7. The molecule has 0 aliphatic carbocycles. The first-order valence-electron chi connectivity index (χ1n) is 7.34. The predicted molar refractivity (Wildman–Crippen MR) is 96.9 cm³/mol. The SMILES string of the molecule is O=C(OCc1csc(-c2ccsc2)n1)c1n[nH]c(=O)c2ccccc12. The van der Waals surface area contributed by atoms with Crippen LogP contribution in [0.1, 0.15) is 16.2 Å². The molecule has 4 aromatic rings. The maximum absolute atomic E-state index is 12.3. The van der Waals surface area contributed by atoms with Gasteiger partial charge in [0.25, 0.3) is 5.56 Å². The van der Waals surface area contributed by atoms with Crippen molar-refractivity contribution < 1.29 is 9.53 Å². The van der Waals surface area contributed by atoms with Crippen molar-refractivity contribution in [2.75, 3.05) is 0 Å². The third-order valence-electron chi connectivity index (χ3n) is 3.56. The van der Waals surface area contributed by atoms with E-state index in [1.807, 2.05) is 22.2 Å². The van der Waals surface area contributed by atoms with Crippen LogP contribution in [0.3, 0.4) is 0 Å². The van der Waals surface area contributed by atoms with Gasteiger partial charge in [-0.3, -0.25) is 4.79 Å². The maximum Gasteiger partial charge on any atom is 0.359 e. The smallest absolute Gasteiger partial charge is 0.359 e. The summed E-state index contributed by atoms with van der Waals surface area (Å²) in [5, 5.41) is 13.8. The molecule has 25 heavy (non-hydrogen) atoms. The van der Waals surface area contributed by atoms with Crippen molar-refractivity contribution >= 4 is 39.4 Å². The van der Waals surface area contributed by atoms with Gasteiger partial charge in [0, 0.05) is 21.7 Å². The molecule has 0 spiro atoms. The van der Waals surface area contributed by atoms with E-state index < -0.39 is 5.97 Å². The lowest BCUT2D eigenvalue weighted by Gasteiger charge is -2.04. The zero-order chi connectivity index (χ0) is 17.2. The van der Waals surface area contributed by atoms with Crippen molar-refractivity contribution in [3.05, 3.63) is 68.2 Å². The molecule has 6 nitrogen and oxygen atoms in total. The van der Waals surface area contributed by atoms with Crippen LogP contribution >= 0.6 is 22.7 Å². The molecule has 8 heteroatoms. The molecule has 1 N–H and O–H groups in total. The third kappa shape index (κ3) is 3.09. The van der Waals surface area contributed by atoms with Gasteiger partial charge in [-0.05, 0) is 17.5 Å². The number of carbonyl (C=O) groups is 1. The van der Waals surface area contributed by atoms with E-state index in [0.29, 0.717) is 16.5 Å². The number of hydrogen-bond donors (Lipinski definition) is 1. The van der Waals surface area contributed by atoms with Crippen LogP contribution in [0.5, 0.6) is 0 Å². The van der Waals surface area contributed by atoms with E-state index in [9.17, 15) is 9.59 Å². The number of fused-ring (bicyclic) bond motifs is 1. The lowest BCUT2D eigenvalue weighted by molar-refractivity contribution is 0.0462. The largest absolute Gasteiger partial charge is 0.454 e. The average Bonchev–Trinajstić information content (AvgIpc) is 3.32. The number of thiophene rings is 1. The monoisotopic (exact) mass is 369 g/mol. The Kier molecular flexibility index (Phi) is 4.12. The van der Waals surface area contributed by atoms with Gasteiger partial charge in [-0.1, -0.05) is 18.2 Å². The van der Waals surface area contributed by atoms with Crippen LogP contribution < -0.4 is 5.56 Å². The summed E-state index contributed by atoms with van der Waals surface area (Å²) in [6.07, 6.45) is 0. The number of benzene rings is 1. The van der Waals surface area contributed by atoms with Gasteiger partial charge in [-0.25, -0.2) is 14.9 Å². The summed E-state index contributed by atoms with van der Waals surface area (Å²) in [5.41, 5.74) is 1.48. The van der Waals surface area contributed by atoms with Gasteiger partial charge < -0.3 is 4.74 Å². The normalized spacial score (nSPS) is 10.9. The Bertz CT molecular complexity index is 1100. The minimum atomic E-state index is -0.600. The first-order chi connectivity index (χ1) is 12.2. The molecule has 0 aliphatic rings. The first-order valence-corrected chi connectivity index (χ1v) is 9.16. The van der Waals surface area contributed by atoms with Crippen LogP contribution in [-0.4, -0.2) is 21.2 Å². The summed E-state index contributed by atoms with van der Waals surface area (Å²) in [6, 6.07) is 8.78. The first kappa shape index (κ1) is 15.7. The van der Waals surface area contributed by atoms with Crippen molar-refractivity contribution in [2.45, 2.75) is 6.61 Å². The third-order valence-corrected chi connectivity index (χ3v) is 5.18. The van der Waals surface area contributed by atoms with E-state index in [1.54, 1.807) is 35.6 Å². The minimum absolute atomic E-state index is 0.0502. The number of thiazole rings is 1. The van der Waals surface area contributed by atoms with Crippen LogP contribution in [0.2, 0.25) is 0 Å². The number of aromatic nitrogens is 3. The highest BCUT2D eigenvalue weighted by atomic mass is 32.1. The van der Waals surface area contributed by atoms with Gasteiger partial charge in [0.05, 0.1) is 11.1 Å². The number of ether oxygens (including phenoxy) is 1. The Morgan fingerprint density at radius 1 is 1.16 bits per heavy atom. The predicted octanol–water partition coefficient (Wildman–Crippen LogP) is 3.47. The molecular weight excluding hydrogens is 358 g/mol. The fourth-order valence-corrected chi connectivity index (χ4v) is 3.89. The van der Waals surface area contributed by atoms with Crippen molar-refractivity contribution in [1.82, 2.24) is 15.2 Å². The number of nitrogens with one attached hydrogen (secondary N) is 1. The van der Waals surface area contributed by atoms with E-state index in [2.05, 4.69) is 15.2 Å². The molecule has 0 radical (unpaired) electrons. The topological polar surface area (TPSA) is 84.9 Å². The number of nitrogens with zero attached hydrogens (tertiary/aromatic N) is 2. The lowest BCUT2D eigenvalue weighted by Crippen LogP contribution is -2.16. The maximum atomic E-state index is 12.3. The average molecular weight is 369 g/mol. The fraction of sp³-hybridized carbons (Fsp3) is 0.0588. The quantitative estimate of drug-likeness (QED) is 0.557. The van der Waals surface area contributed by atoms with E-state index in [1.165, 1.54) is 11.3 Å². The van der Waals surface area contributed by atoms with Crippen LogP contribution in [-0.2, 0) is 11.3 Å². The zero-order valence-electron chi connectivity index (χ0n) is 12.8. The number of carbonyl (C=O) groups excluding carboxylic acids is 1. The van der Waals surface area contributed by atoms with Crippen LogP contribution in [0, 0.1) is 0 Å². The van der Waals surface area contributed by atoms with E-state index in [4.69, 9.17) is 4.74 Å². The Balaban J connectivity index is 1.54. The summed E-state index contributed by atoms with van der Waals surface area (Å²) in [4.78, 5) is 28.6. The summed E-state index contributed by atoms with van der Waals surface area (Å²) >= 11 is 3.11. The van der Waals surface area contributed by atoms with E-state index in [0.717, 1.165) is 10.6 Å². The summed E-state index contributed by atoms with van der Waals surface area (Å²) in [7, 11) is 0. The molecule has 0 fully saturated rings. The molecule has 0 amide bonds. The fourth-order valence-electron chi connectivity index (χ4n) is 2.37. The summed E-state index contributed by atoms with van der Waals surface area (Å²) < 4.78 is 5.32. The molecule has 3 heterocycles. The van der Waals surface area contributed by atoms with Gasteiger partial charge in [0.1, 0.15) is 11.6 Å². The number of esters is 1. The molecule has 1 aromatic carbocycles. The van der Waals surface area contributed by atoms with E-state index in [-0.39, 0.29) is 17.9 Å².